The summed E-state index contributed by atoms with van der Waals surface area (Å²) in [6.45, 7) is 2.60. The molecule has 0 aliphatic carbocycles. The van der Waals surface area contributed by atoms with E-state index in [9.17, 15) is 0 Å². The van der Waals surface area contributed by atoms with Crippen molar-refractivity contribution in [2.24, 2.45) is 0 Å². The number of nitrogens with one attached hydrogen (secondary N) is 1. The molecule has 0 amide bonds. The van der Waals surface area contributed by atoms with Crippen molar-refractivity contribution in [3.8, 4) is 0 Å². The van der Waals surface area contributed by atoms with Crippen LogP contribution in [-0.4, -0.2) is 26.0 Å². The van der Waals surface area contributed by atoms with Gasteiger partial charge in [-0.3, -0.25) is 0 Å². The van der Waals surface area contributed by atoms with Gasteiger partial charge in [0.05, 0.1) is 10.0 Å². The first-order valence-electron chi connectivity index (χ1n) is 7.65. The quantitative estimate of drug-likeness (QED) is 0.904. The highest BCUT2D eigenvalue weighted by Crippen LogP contribution is 2.38. The number of ether oxygens (including phenoxy) is 2. The van der Waals surface area contributed by atoms with E-state index in [4.69, 9.17) is 32.7 Å². The Morgan fingerprint density at radius 3 is 2.76 bits per heavy atom. The van der Waals surface area contributed by atoms with Crippen molar-refractivity contribution in [1.82, 2.24) is 5.32 Å². The van der Waals surface area contributed by atoms with Crippen LogP contribution in [0.5, 0.6) is 0 Å². The van der Waals surface area contributed by atoms with Crippen molar-refractivity contribution in [2.75, 3.05) is 19.7 Å². The highest BCUT2D eigenvalue weighted by molar-refractivity contribution is 6.42. The minimum atomic E-state index is -0.367. The molecule has 2 aliphatic heterocycles. The molecule has 0 saturated carbocycles. The van der Waals surface area contributed by atoms with Crippen LogP contribution in [0.4, 0.5) is 0 Å². The molecule has 0 radical (unpaired) electrons. The first-order chi connectivity index (χ1) is 10.2. The number of hydrogen-bond donors (Lipinski definition) is 1. The van der Waals surface area contributed by atoms with Gasteiger partial charge in [-0.1, -0.05) is 29.3 Å². The molecule has 3 rings (SSSR count). The van der Waals surface area contributed by atoms with Crippen LogP contribution in [0, 0.1) is 0 Å². The number of hydrogen-bond acceptors (Lipinski definition) is 3. The Bertz CT molecular complexity index is 483. The standard InChI is InChI=1S/C16H21Cl2NO2/c17-13-6-5-12(10-14(13)18)16(7-3-8-19-11-16)21-15-4-1-2-9-20-15/h5-6,10,15,19H,1-4,7-9,11H2. The molecule has 2 unspecified atom stereocenters. The maximum absolute atomic E-state index is 6.41. The molecule has 2 atom stereocenters. The van der Waals surface area contributed by atoms with E-state index in [0.29, 0.717) is 10.0 Å². The lowest BCUT2D eigenvalue weighted by molar-refractivity contribution is -0.233. The molecule has 0 aromatic heterocycles. The van der Waals surface area contributed by atoms with E-state index >= 15 is 0 Å². The number of halogens is 2. The van der Waals surface area contributed by atoms with Crippen LogP contribution in [-0.2, 0) is 15.1 Å². The number of piperidine rings is 1. The van der Waals surface area contributed by atoms with Crippen LogP contribution in [0.15, 0.2) is 18.2 Å². The Morgan fingerprint density at radius 2 is 2.10 bits per heavy atom. The first-order valence-corrected chi connectivity index (χ1v) is 8.41. The second kappa shape index (κ2) is 6.84. The lowest BCUT2D eigenvalue weighted by atomic mass is 9.86. The largest absolute Gasteiger partial charge is 0.353 e. The molecule has 116 valence electrons. The minimum Gasteiger partial charge on any atom is -0.353 e. The SMILES string of the molecule is Clc1ccc(C2(OC3CCCCO3)CCCNC2)cc1Cl. The van der Waals surface area contributed by atoms with Crippen LogP contribution < -0.4 is 5.32 Å². The van der Waals surface area contributed by atoms with Gasteiger partial charge in [0.2, 0.25) is 0 Å². The third-order valence-corrected chi connectivity index (χ3v) is 5.02. The summed E-state index contributed by atoms with van der Waals surface area (Å²) >= 11 is 12.2. The summed E-state index contributed by atoms with van der Waals surface area (Å²) in [5.74, 6) is 0. The zero-order valence-corrected chi connectivity index (χ0v) is 13.6. The molecule has 2 aliphatic rings. The second-order valence-corrected chi connectivity index (χ2v) is 6.63. The van der Waals surface area contributed by atoms with Crippen LogP contribution in [0.3, 0.4) is 0 Å². The van der Waals surface area contributed by atoms with Crippen molar-refractivity contribution in [1.29, 1.82) is 0 Å². The summed E-state index contributed by atoms with van der Waals surface area (Å²) in [6.07, 6.45) is 5.18. The monoisotopic (exact) mass is 329 g/mol. The Hall–Kier alpha value is -0.320. The van der Waals surface area contributed by atoms with Gasteiger partial charge in [0.1, 0.15) is 5.60 Å². The van der Waals surface area contributed by atoms with Crippen molar-refractivity contribution in [2.45, 2.75) is 44.0 Å². The summed E-state index contributed by atoms with van der Waals surface area (Å²) in [5, 5.41) is 4.59. The van der Waals surface area contributed by atoms with E-state index in [1.54, 1.807) is 0 Å². The average Bonchev–Trinajstić information content (AvgIpc) is 2.52. The van der Waals surface area contributed by atoms with E-state index in [0.717, 1.165) is 57.4 Å². The van der Waals surface area contributed by atoms with Crippen molar-refractivity contribution < 1.29 is 9.47 Å². The highest BCUT2D eigenvalue weighted by atomic mass is 35.5. The highest BCUT2D eigenvalue weighted by Gasteiger charge is 2.38. The third kappa shape index (κ3) is 3.54. The summed E-state index contributed by atoms with van der Waals surface area (Å²) in [7, 11) is 0. The molecule has 3 nitrogen and oxygen atoms in total. The summed E-state index contributed by atoms with van der Waals surface area (Å²) in [4.78, 5) is 0. The van der Waals surface area contributed by atoms with Gasteiger partial charge in [-0.05, 0) is 56.3 Å². The fourth-order valence-electron chi connectivity index (χ4n) is 3.13. The first kappa shape index (κ1) is 15.6. The van der Waals surface area contributed by atoms with E-state index in [1.165, 1.54) is 0 Å². The van der Waals surface area contributed by atoms with Gasteiger partial charge < -0.3 is 14.8 Å². The molecule has 21 heavy (non-hydrogen) atoms. The summed E-state index contributed by atoms with van der Waals surface area (Å²) < 4.78 is 12.2. The van der Waals surface area contributed by atoms with Crippen molar-refractivity contribution >= 4 is 23.2 Å². The maximum Gasteiger partial charge on any atom is 0.158 e. The molecule has 2 saturated heterocycles. The molecule has 1 N–H and O–H groups in total. The van der Waals surface area contributed by atoms with E-state index in [2.05, 4.69) is 5.32 Å². The third-order valence-electron chi connectivity index (χ3n) is 4.29. The summed E-state index contributed by atoms with van der Waals surface area (Å²) in [6, 6.07) is 5.80. The maximum atomic E-state index is 6.41. The predicted octanol–water partition coefficient (Wildman–Crippen LogP) is 4.12. The zero-order chi connectivity index (χ0) is 14.7. The van der Waals surface area contributed by atoms with E-state index in [1.807, 2.05) is 18.2 Å². The van der Waals surface area contributed by atoms with Gasteiger partial charge >= 0.3 is 0 Å². The normalized spacial score (nSPS) is 30.3. The molecule has 0 bridgehead atoms. The molecule has 2 fully saturated rings. The Labute approximate surface area is 135 Å². The van der Waals surface area contributed by atoms with Crippen molar-refractivity contribution in [3.05, 3.63) is 33.8 Å². The Morgan fingerprint density at radius 1 is 1.19 bits per heavy atom. The van der Waals surface area contributed by atoms with Gasteiger partial charge in [-0.15, -0.1) is 0 Å². The second-order valence-electron chi connectivity index (χ2n) is 5.82. The fourth-order valence-corrected chi connectivity index (χ4v) is 3.43. The molecular weight excluding hydrogens is 309 g/mol. The molecule has 0 spiro atoms. The molecule has 1 aromatic rings. The van der Waals surface area contributed by atoms with E-state index < -0.39 is 0 Å². The van der Waals surface area contributed by atoms with Gasteiger partial charge in [-0.25, -0.2) is 0 Å². The lowest BCUT2D eigenvalue weighted by Gasteiger charge is -2.41. The molecular formula is C16H21Cl2NO2. The number of benzene rings is 1. The van der Waals surface area contributed by atoms with Gasteiger partial charge in [0, 0.05) is 13.2 Å². The molecule has 2 heterocycles. The van der Waals surface area contributed by atoms with Crippen LogP contribution in [0.2, 0.25) is 10.0 Å². The van der Waals surface area contributed by atoms with E-state index in [-0.39, 0.29) is 11.9 Å². The fraction of sp³-hybridized carbons (Fsp3) is 0.625. The van der Waals surface area contributed by atoms with Gasteiger partial charge in [-0.2, -0.15) is 0 Å². The Kier molecular flexibility index (Phi) is 5.07. The van der Waals surface area contributed by atoms with Crippen molar-refractivity contribution in [3.63, 3.8) is 0 Å². The topological polar surface area (TPSA) is 30.5 Å². The van der Waals surface area contributed by atoms with Crippen LogP contribution in [0.1, 0.15) is 37.7 Å². The van der Waals surface area contributed by atoms with Gasteiger partial charge in [0.15, 0.2) is 6.29 Å². The smallest absolute Gasteiger partial charge is 0.158 e. The Balaban J connectivity index is 1.86. The van der Waals surface area contributed by atoms with Crippen LogP contribution in [0.25, 0.3) is 0 Å². The van der Waals surface area contributed by atoms with Crippen LogP contribution >= 0.6 is 23.2 Å². The molecule has 1 aromatic carbocycles. The minimum absolute atomic E-state index is 0.117. The lowest BCUT2D eigenvalue weighted by Crippen LogP contribution is -2.48. The summed E-state index contributed by atoms with van der Waals surface area (Å²) in [5.41, 5.74) is 0.715. The van der Waals surface area contributed by atoms with Gasteiger partial charge in [0.25, 0.3) is 0 Å². The molecule has 5 heteroatoms. The number of rotatable bonds is 3. The average molecular weight is 330 g/mol. The predicted molar refractivity (Wildman–Crippen MR) is 84.9 cm³/mol. The zero-order valence-electron chi connectivity index (χ0n) is 12.0.